The summed E-state index contributed by atoms with van der Waals surface area (Å²) in [6, 6.07) is 16.0. The van der Waals surface area contributed by atoms with Crippen molar-refractivity contribution in [3.63, 3.8) is 0 Å². The summed E-state index contributed by atoms with van der Waals surface area (Å²) >= 11 is 0. The molecule has 1 aliphatic rings. The van der Waals surface area contributed by atoms with Crippen molar-refractivity contribution in [2.75, 3.05) is 6.54 Å². The minimum atomic E-state index is -1.48. The molecule has 1 N–H and O–H groups in total. The lowest BCUT2D eigenvalue weighted by atomic mass is 9.80. The minimum Gasteiger partial charge on any atom is -0.310 e. The highest BCUT2D eigenvalue weighted by atomic mass is 19.1. The Kier molecular flexibility index (Phi) is 5.29. The Balaban J connectivity index is 2.03. The highest BCUT2D eigenvalue weighted by Gasteiger charge is 2.43. The van der Waals surface area contributed by atoms with Crippen molar-refractivity contribution in [2.24, 2.45) is 0 Å². The number of benzene rings is 2. The predicted molar refractivity (Wildman–Crippen MR) is 104 cm³/mol. The van der Waals surface area contributed by atoms with Gasteiger partial charge in [0.25, 0.3) is 0 Å². The van der Waals surface area contributed by atoms with Crippen LogP contribution < -0.4 is 5.32 Å². The number of nitrogens with one attached hydrogen (secondary N) is 1. The van der Waals surface area contributed by atoms with E-state index in [1.54, 1.807) is 0 Å². The molecule has 3 rings (SSSR count). The monoisotopic (exact) mass is 339 g/mol. The van der Waals surface area contributed by atoms with E-state index in [-0.39, 0.29) is 6.04 Å². The molecule has 1 saturated heterocycles. The Morgan fingerprint density at radius 1 is 0.840 bits per heavy atom. The van der Waals surface area contributed by atoms with Gasteiger partial charge in [-0.2, -0.15) is 0 Å². The summed E-state index contributed by atoms with van der Waals surface area (Å²) in [5.41, 5.74) is 2.53. The maximum atomic E-state index is 16.6. The van der Waals surface area contributed by atoms with E-state index in [2.05, 4.69) is 57.3 Å². The molecule has 1 aliphatic heterocycles. The van der Waals surface area contributed by atoms with E-state index in [0.29, 0.717) is 11.8 Å². The van der Waals surface area contributed by atoms with Crippen LogP contribution >= 0.6 is 0 Å². The van der Waals surface area contributed by atoms with Gasteiger partial charge in [-0.15, -0.1) is 0 Å². The zero-order chi connectivity index (χ0) is 18.0. The molecule has 2 aromatic carbocycles. The number of rotatable bonds is 5. The normalized spacial score (nSPS) is 18.3. The second-order valence-corrected chi connectivity index (χ2v) is 7.91. The van der Waals surface area contributed by atoms with Gasteiger partial charge in [0.1, 0.15) is 0 Å². The number of hydrogen-bond acceptors (Lipinski definition) is 1. The van der Waals surface area contributed by atoms with Crippen LogP contribution in [0.1, 0.15) is 74.6 Å². The molecule has 1 nitrogen and oxygen atoms in total. The Hall–Kier alpha value is -1.67. The third kappa shape index (κ3) is 3.50. The summed E-state index contributed by atoms with van der Waals surface area (Å²) in [5, 5.41) is 3.39. The van der Waals surface area contributed by atoms with E-state index in [9.17, 15) is 0 Å². The summed E-state index contributed by atoms with van der Waals surface area (Å²) < 4.78 is 16.6. The van der Waals surface area contributed by atoms with E-state index in [1.807, 2.05) is 24.3 Å². The van der Waals surface area contributed by atoms with Gasteiger partial charge in [-0.05, 0) is 53.5 Å². The predicted octanol–water partition coefficient (Wildman–Crippen LogP) is 5.90. The molecule has 134 valence electrons. The molecule has 0 spiro atoms. The molecule has 1 heterocycles. The zero-order valence-electron chi connectivity index (χ0n) is 15.9. The molecule has 0 amide bonds. The van der Waals surface area contributed by atoms with E-state index < -0.39 is 5.67 Å². The van der Waals surface area contributed by atoms with Gasteiger partial charge in [-0.3, -0.25) is 0 Å². The van der Waals surface area contributed by atoms with Gasteiger partial charge in [0.2, 0.25) is 0 Å². The van der Waals surface area contributed by atoms with Gasteiger partial charge in [0.15, 0.2) is 5.67 Å². The Bertz CT molecular complexity index is 628. The highest BCUT2D eigenvalue weighted by molar-refractivity contribution is 5.41. The Morgan fingerprint density at radius 2 is 1.28 bits per heavy atom. The van der Waals surface area contributed by atoms with Crippen LogP contribution in [0.4, 0.5) is 4.39 Å². The topological polar surface area (TPSA) is 12.0 Å². The van der Waals surface area contributed by atoms with Crippen LogP contribution in [0.2, 0.25) is 0 Å². The summed E-state index contributed by atoms with van der Waals surface area (Å²) in [7, 11) is 0. The lowest BCUT2D eigenvalue weighted by Gasteiger charge is -2.33. The van der Waals surface area contributed by atoms with Gasteiger partial charge in [-0.25, -0.2) is 4.39 Å². The molecule has 0 bridgehead atoms. The van der Waals surface area contributed by atoms with E-state index in [0.717, 1.165) is 30.5 Å². The lowest BCUT2D eigenvalue weighted by molar-refractivity contribution is 0.163. The SMILES string of the molecule is CC(C)c1ccc(C(F)(c2ccc(C(C)C)cc2)[C@@H]2CCCN2)cc1. The van der Waals surface area contributed by atoms with Crippen LogP contribution in [-0.2, 0) is 5.67 Å². The first kappa shape index (κ1) is 18.1. The molecule has 0 radical (unpaired) electrons. The summed E-state index contributed by atoms with van der Waals surface area (Å²) in [6.45, 7) is 9.56. The second-order valence-electron chi connectivity index (χ2n) is 7.91. The minimum absolute atomic E-state index is 0.165. The van der Waals surface area contributed by atoms with E-state index in [1.165, 1.54) is 11.1 Å². The van der Waals surface area contributed by atoms with Gasteiger partial charge >= 0.3 is 0 Å². The molecule has 0 unspecified atom stereocenters. The zero-order valence-corrected chi connectivity index (χ0v) is 15.9. The average molecular weight is 339 g/mol. The van der Waals surface area contributed by atoms with E-state index in [4.69, 9.17) is 0 Å². The summed E-state index contributed by atoms with van der Waals surface area (Å²) in [4.78, 5) is 0. The number of halogens is 1. The molecule has 0 aliphatic carbocycles. The fraction of sp³-hybridized carbons (Fsp3) is 0.478. The fourth-order valence-corrected chi connectivity index (χ4v) is 3.81. The number of alkyl halides is 1. The maximum absolute atomic E-state index is 16.6. The largest absolute Gasteiger partial charge is 0.310 e. The summed E-state index contributed by atoms with van der Waals surface area (Å²) in [6.07, 6.45) is 1.90. The van der Waals surface area contributed by atoms with Crippen molar-refractivity contribution < 1.29 is 4.39 Å². The average Bonchev–Trinajstić information content (AvgIpc) is 3.16. The van der Waals surface area contributed by atoms with Gasteiger partial charge in [0, 0.05) is 6.04 Å². The molecular formula is C23H30FN. The first-order valence-electron chi connectivity index (χ1n) is 9.56. The van der Waals surface area contributed by atoms with Crippen LogP contribution in [0.15, 0.2) is 48.5 Å². The summed E-state index contributed by atoms with van der Waals surface area (Å²) in [5.74, 6) is 0.913. The van der Waals surface area contributed by atoms with Gasteiger partial charge in [-0.1, -0.05) is 76.2 Å². The Labute approximate surface area is 151 Å². The third-order valence-electron chi connectivity index (χ3n) is 5.54. The van der Waals surface area contributed by atoms with Crippen molar-refractivity contribution in [3.05, 3.63) is 70.8 Å². The van der Waals surface area contributed by atoms with Crippen LogP contribution in [0.25, 0.3) is 0 Å². The van der Waals surface area contributed by atoms with E-state index >= 15 is 4.39 Å². The van der Waals surface area contributed by atoms with Crippen LogP contribution in [0.3, 0.4) is 0 Å². The smallest absolute Gasteiger partial charge is 0.176 e. The fourth-order valence-electron chi connectivity index (χ4n) is 3.81. The molecule has 2 heteroatoms. The van der Waals surface area contributed by atoms with Crippen molar-refractivity contribution in [1.29, 1.82) is 0 Å². The van der Waals surface area contributed by atoms with Crippen molar-refractivity contribution >= 4 is 0 Å². The second kappa shape index (κ2) is 7.29. The van der Waals surface area contributed by atoms with Crippen molar-refractivity contribution in [3.8, 4) is 0 Å². The van der Waals surface area contributed by atoms with Crippen molar-refractivity contribution in [1.82, 2.24) is 5.32 Å². The van der Waals surface area contributed by atoms with Gasteiger partial charge < -0.3 is 5.32 Å². The molecule has 0 aromatic heterocycles. The highest BCUT2D eigenvalue weighted by Crippen LogP contribution is 2.41. The molecule has 1 fully saturated rings. The first-order valence-corrected chi connectivity index (χ1v) is 9.56. The van der Waals surface area contributed by atoms with Gasteiger partial charge in [0.05, 0.1) is 0 Å². The van der Waals surface area contributed by atoms with Crippen LogP contribution in [0, 0.1) is 0 Å². The van der Waals surface area contributed by atoms with Crippen LogP contribution in [-0.4, -0.2) is 12.6 Å². The molecule has 25 heavy (non-hydrogen) atoms. The molecule has 1 atom stereocenters. The van der Waals surface area contributed by atoms with Crippen molar-refractivity contribution in [2.45, 2.75) is 64.1 Å². The third-order valence-corrected chi connectivity index (χ3v) is 5.54. The standard InChI is InChI=1S/C23H30FN/c1-16(2)18-7-11-20(12-8-18)23(24,22-6-5-15-25-22)21-13-9-19(10-14-21)17(3)4/h7-14,16-17,22,25H,5-6,15H2,1-4H3/t22-/m0/s1. The Morgan fingerprint density at radius 3 is 1.60 bits per heavy atom. The lowest BCUT2D eigenvalue weighted by Crippen LogP contribution is -2.42. The first-order chi connectivity index (χ1) is 11.9. The number of hydrogen-bond donors (Lipinski definition) is 1. The molecule has 2 aromatic rings. The maximum Gasteiger partial charge on any atom is 0.176 e. The molecular weight excluding hydrogens is 309 g/mol. The quantitative estimate of drug-likeness (QED) is 0.715. The molecule has 0 saturated carbocycles. The van der Waals surface area contributed by atoms with Crippen LogP contribution in [0.5, 0.6) is 0 Å².